The third kappa shape index (κ3) is 4.06. The number of nitrogens with zero attached hydrogens (tertiary/aromatic N) is 1. The van der Waals surface area contributed by atoms with Gasteiger partial charge in [0.1, 0.15) is 5.54 Å². The summed E-state index contributed by atoms with van der Waals surface area (Å²) in [6.45, 7) is 2.18. The van der Waals surface area contributed by atoms with Crippen LogP contribution >= 0.6 is 0 Å². The van der Waals surface area contributed by atoms with Crippen LogP contribution in [0.5, 0.6) is 0 Å². The molecule has 2 atom stereocenters. The predicted molar refractivity (Wildman–Crippen MR) is 93.2 cm³/mol. The van der Waals surface area contributed by atoms with Crippen molar-refractivity contribution in [3.05, 3.63) is 65.7 Å². The number of hydrogen-bond acceptors (Lipinski definition) is 3. The van der Waals surface area contributed by atoms with Gasteiger partial charge in [-0.15, -0.1) is 0 Å². The van der Waals surface area contributed by atoms with Gasteiger partial charge in [0.05, 0.1) is 0 Å². The third-order valence-electron chi connectivity index (χ3n) is 3.84. The van der Waals surface area contributed by atoms with Crippen LogP contribution in [0.3, 0.4) is 0 Å². The van der Waals surface area contributed by atoms with Crippen LogP contribution < -0.4 is 5.73 Å². The Hall–Kier alpha value is -1.98. The van der Waals surface area contributed by atoms with Crippen LogP contribution in [-0.4, -0.2) is 28.3 Å². The normalized spacial score (nSPS) is 14.8. The summed E-state index contributed by atoms with van der Waals surface area (Å²) in [6.07, 6.45) is 1.64. The van der Waals surface area contributed by atoms with E-state index in [1.807, 2.05) is 54.6 Å². The summed E-state index contributed by atoms with van der Waals surface area (Å²) in [5.41, 5.74) is 6.96. The minimum absolute atomic E-state index is 0.146. The Morgan fingerprint density at radius 3 is 2.22 bits per heavy atom. The fraction of sp³-hybridized carbons (Fsp3) is 0.278. The van der Waals surface area contributed by atoms with E-state index in [2.05, 4.69) is 0 Å². The Kier molecular flexibility index (Phi) is 5.34. The molecule has 0 bridgehead atoms. The Labute approximate surface area is 139 Å². The summed E-state index contributed by atoms with van der Waals surface area (Å²) in [5, 5.41) is 0. The number of hydrogen-bond donors (Lipinski definition) is 1. The Balaban J connectivity index is 2.12. The number of nitrogens with two attached hydrogens (primary N) is 1. The second kappa shape index (κ2) is 7.06. The van der Waals surface area contributed by atoms with E-state index >= 15 is 0 Å². The zero-order valence-corrected chi connectivity index (χ0v) is 14.5. The molecule has 1 amide bonds. The van der Waals surface area contributed by atoms with E-state index in [1.54, 1.807) is 25.1 Å². The van der Waals surface area contributed by atoms with Crippen molar-refractivity contribution in [2.24, 2.45) is 5.73 Å². The van der Waals surface area contributed by atoms with Crippen LogP contribution in [0, 0.1) is 0 Å². The van der Waals surface area contributed by atoms with Gasteiger partial charge in [0.15, 0.2) is 0 Å². The summed E-state index contributed by atoms with van der Waals surface area (Å²) >= 11 is 0. The van der Waals surface area contributed by atoms with Crippen LogP contribution in [0.2, 0.25) is 0 Å². The predicted octanol–water partition coefficient (Wildman–Crippen LogP) is 2.26. The first-order valence-electron chi connectivity index (χ1n) is 7.34. The average Bonchev–Trinajstić information content (AvgIpc) is 2.55. The third-order valence-corrected chi connectivity index (χ3v) is 4.78. The van der Waals surface area contributed by atoms with E-state index in [4.69, 9.17) is 5.73 Å². The molecule has 0 saturated carbocycles. The first-order valence-corrected chi connectivity index (χ1v) is 8.90. The van der Waals surface area contributed by atoms with E-state index < -0.39 is 16.3 Å². The minimum atomic E-state index is -1.07. The highest BCUT2D eigenvalue weighted by Crippen LogP contribution is 2.21. The molecule has 2 aromatic carbocycles. The van der Waals surface area contributed by atoms with Crippen molar-refractivity contribution in [2.75, 3.05) is 13.3 Å². The molecule has 0 aliphatic carbocycles. The Morgan fingerprint density at radius 1 is 1.13 bits per heavy atom. The molecule has 0 heterocycles. The van der Waals surface area contributed by atoms with E-state index in [9.17, 15) is 9.00 Å². The molecule has 0 radical (unpaired) electrons. The molecule has 2 N–H and O–H groups in total. The van der Waals surface area contributed by atoms with Crippen LogP contribution in [-0.2, 0) is 27.7 Å². The van der Waals surface area contributed by atoms with Gasteiger partial charge in [-0.3, -0.25) is 9.00 Å². The second-order valence-electron chi connectivity index (χ2n) is 5.83. The van der Waals surface area contributed by atoms with E-state index in [1.165, 1.54) is 0 Å². The largest absolute Gasteiger partial charge is 0.340 e. The zero-order chi connectivity index (χ0) is 17.0. The lowest BCUT2D eigenvalue weighted by Crippen LogP contribution is -2.49. The van der Waals surface area contributed by atoms with Gasteiger partial charge in [-0.1, -0.05) is 42.5 Å². The lowest BCUT2D eigenvalue weighted by atomic mass is 9.91. The van der Waals surface area contributed by atoms with E-state index in [-0.39, 0.29) is 5.91 Å². The SMILES string of the molecule is CN(Cc1ccc(S(C)=O)cc1)C(=O)C(C)(N)c1ccccc1. The second-order valence-corrected chi connectivity index (χ2v) is 7.21. The van der Waals surface area contributed by atoms with Crippen molar-refractivity contribution in [3.63, 3.8) is 0 Å². The summed E-state index contributed by atoms with van der Waals surface area (Å²) in [5.74, 6) is -0.146. The first kappa shape index (κ1) is 17.4. The lowest BCUT2D eigenvalue weighted by Gasteiger charge is -2.29. The summed E-state index contributed by atoms with van der Waals surface area (Å²) < 4.78 is 11.4. The summed E-state index contributed by atoms with van der Waals surface area (Å²) in [6, 6.07) is 16.8. The van der Waals surface area contributed by atoms with Crippen LogP contribution in [0.4, 0.5) is 0 Å². The van der Waals surface area contributed by atoms with Crippen molar-refractivity contribution < 1.29 is 9.00 Å². The monoisotopic (exact) mass is 330 g/mol. The van der Waals surface area contributed by atoms with Crippen molar-refractivity contribution >= 4 is 16.7 Å². The maximum absolute atomic E-state index is 12.7. The van der Waals surface area contributed by atoms with Crippen molar-refractivity contribution in [2.45, 2.75) is 23.9 Å². The fourth-order valence-corrected chi connectivity index (χ4v) is 2.96. The van der Waals surface area contributed by atoms with Crippen molar-refractivity contribution in [3.8, 4) is 0 Å². The van der Waals surface area contributed by atoms with Gasteiger partial charge in [0, 0.05) is 35.5 Å². The molecule has 0 aliphatic heterocycles. The maximum Gasteiger partial charge on any atom is 0.247 e. The molecular formula is C18H22N2O2S. The average molecular weight is 330 g/mol. The molecule has 2 aromatic rings. The topological polar surface area (TPSA) is 63.4 Å². The highest BCUT2D eigenvalue weighted by atomic mass is 32.2. The maximum atomic E-state index is 12.7. The molecule has 23 heavy (non-hydrogen) atoms. The Morgan fingerprint density at radius 2 is 1.70 bits per heavy atom. The molecule has 122 valence electrons. The van der Waals surface area contributed by atoms with Crippen molar-refractivity contribution in [1.29, 1.82) is 0 Å². The van der Waals surface area contributed by atoms with Gasteiger partial charge in [0.2, 0.25) is 5.91 Å². The van der Waals surface area contributed by atoms with E-state index in [0.717, 1.165) is 16.0 Å². The van der Waals surface area contributed by atoms with Gasteiger partial charge >= 0.3 is 0 Å². The highest BCUT2D eigenvalue weighted by Gasteiger charge is 2.32. The van der Waals surface area contributed by atoms with Crippen LogP contribution in [0.1, 0.15) is 18.1 Å². The standard InChI is InChI=1S/C18H22N2O2S/c1-18(19,15-7-5-4-6-8-15)17(21)20(2)13-14-9-11-16(12-10-14)23(3)22/h4-12H,13,19H2,1-3H3. The number of carbonyl (C=O) groups is 1. The molecule has 2 unspecified atom stereocenters. The number of carbonyl (C=O) groups excluding carboxylic acids is 1. The molecule has 4 nitrogen and oxygen atoms in total. The molecule has 2 rings (SSSR count). The van der Waals surface area contributed by atoms with Gasteiger partial charge in [-0.25, -0.2) is 0 Å². The van der Waals surface area contributed by atoms with Gasteiger partial charge in [-0.2, -0.15) is 0 Å². The smallest absolute Gasteiger partial charge is 0.247 e. The summed E-state index contributed by atoms with van der Waals surface area (Å²) in [4.78, 5) is 15.1. The molecular weight excluding hydrogens is 308 g/mol. The number of rotatable bonds is 5. The van der Waals surface area contributed by atoms with Gasteiger partial charge in [-0.05, 0) is 30.2 Å². The molecule has 0 fully saturated rings. The quantitative estimate of drug-likeness (QED) is 0.914. The van der Waals surface area contributed by atoms with Crippen LogP contribution in [0.25, 0.3) is 0 Å². The lowest BCUT2D eigenvalue weighted by molar-refractivity contribution is -0.136. The van der Waals surface area contributed by atoms with Gasteiger partial charge < -0.3 is 10.6 Å². The minimum Gasteiger partial charge on any atom is -0.340 e. The van der Waals surface area contributed by atoms with Crippen molar-refractivity contribution in [1.82, 2.24) is 4.90 Å². The van der Waals surface area contributed by atoms with Gasteiger partial charge in [0.25, 0.3) is 0 Å². The molecule has 0 aliphatic rings. The number of likely N-dealkylation sites (N-methyl/N-ethyl adjacent to an activating group) is 1. The first-order chi connectivity index (χ1) is 10.8. The molecule has 0 aromatic heterocycles. The number of amides is 1. The molecule has 0 spiro atoms. The Bertz CT molecular complexity index is 697. The molecule has 5 heteroatoms. The highest BCUT2D eigenvalue weighted by molar-refractivity contribution is 7.84. The van der Waals surface area contributed by atoms with E-state index in [0.29, 0.717) is 6.54 Å². The fourth-order valence-electron chi connectivity index (χ4n) is 2.44. The number of benzene rings is 2. The summed E-state index contributed by atoms with van der Waals surface area (Å²) in [7, 11) is 0.740. The zero-order valence-electron chi connectivity index (χ0n) is 13.7. The van der Waals surface area contributed by atoms with Crippen LogP contribution in [0.15, 0.2) is 59.5 Å². The molecule has 0 saturated heterocycles.